The number of rotatable bonds is 4. The van der Waals surface area contributed by atoms with E-state index in [1.165, 1.54) is 30.8 Å². The van der Waals surface area contributed by atoms with Gasteiger partial charge in [-0.2, -0.15) is 0 Å². The highest BCUT2D eigenvalue weighted by atomic mass is 32.2. The number of hydrogen-bond donors (Lipinski definition) is 0. The molecule has 2 aromatic rings. The van der Waals surface area contributed by atoms with Crippen LogP contribution in [0.2, 0.25) is 0 Å². The summed E-state index contributed by atoms with van der Waals surface area (Å²) in [5.41, 5.74) is -0.0318. The molecule has 19 heavy (non-hydrogen) atoms. The summed E-state index contributed by atoms with van der Waals surface area (Å²) >= 11 is 1.38. The Balaban J connectivity index is 2.36. The number of hydrogen-bond acceptors (Lipinski definition) is 5. The number of nitro groups is 1. The van der Waals surface area contributed by atoms with E-state index < -0.39 is 4.92 Å². The summed E-state index contributed by atoms with van der Waals surface area (Å²) in [7, 11) is 0. The maximum Gasteiger partial charge on any atom is 0.281 e. The molecule has 0 aliphatic heterocycles. The number of carbonyl (C=O) groups excluding carboxylic acids is 1. The SMILES string of the molecule is CC(=O)c1ccc(Sc2ccncc2)cc1[N+](=O)[O-]. The van der Waals surface area contributed by atoms with Crippen LogP contribution in [0.1, 0.15) is 17.3 Å². The Hall–Kier alpha value is -2.21. The topological polar surface area (TPSA) is 73.1 Å². The van der Waals surface area contributed by atoms with Crippen LogP contribution in [0.4, 0.5) is 5.69 Å². The summed E-state index contributed by atoms with van der Waals surface area (Å²) in [5, 5.41) is 11.0. The van der Waals surface area contributed by atoms with Crippen LogP contribution < -0.4 is 0 Å². The second kappa shape index (κ2) is 5.62. The van der Waals surface area contributed by atoms with Crippen molar-refractivity contribution < 1.29 is 9.72 Å². The van der Waals surface area contributed by atoms with Crippen molar-refractivity contribution in [2.45, 2.75) is 16.7 Å². The van der Waals surface area contributed by atoms with Gasteiger partial charge in [0, 0.05) is 28.3 Å². The lowest BCUT2D eigenvalue weighted by molar-refractivity contribution is -0.385. The maximum absolute atomic E-state index is 11.3. The van der Waals surface area contributed by atoms with Gasteiger partial charge >= 0.3 is 0 Å². The number of aromatic nitrogens is 1. The molecule has 0 N–H and O–H groups in total. The largest absolute Gasteiger partial charge is 0.294 e. The summed E-state index contributed by atoms with van der Waals surface area (Å²) in [6, 6.07) is 8.24. The molecule has 0 radical (unpaired) electrons. The lowest BCUT2D eigenvalue weighted by Gasteiger charge is -2.03. The molecule has 2 rings (SSSR count). The smallest absolute Gasteiger partial charge is 0.281 e. The van der Waals surface area contributed by atoms with E-state index in [0.29, 0.717) is 4.90 Å². The van der Waals surface area contributed by atoms with E-state index in [2.05, 4.69) is 4.98 Å². The van der Waals surface area contributed by atoms with E-state index in [1.807, 2.05) is 12.1 Å². The van der Waals surface area contributed by atoms with Crippen LogP contribution in [0.5, 0.6) is 0 Å². The molecule has 0 saturated carbocycles. The second-order valence-electron chi connectivity index (χ2n) is 3.78. The minimum Gasteiger partial charge on any atom is -0.294 e. The van der Waals surface area contributed by atoms with Crippen molar-refractivity contribution in [1.29, 1.82) is 0 Å². The first kappa shape index (κ1) is 13.2. The number of carbonyl (C=O) groups is 1. The Labute approximate surface area is 113 Å². The van der Waals surface area contributed by atoms with E-state index in [4.69, 9.17) is 0 Å². The normalized spacial score (nSPS) is 10.2. The van der Waals surface area contributed by atoms with Crippen LogP contribution in [0, 0.1) is 10.1 Å². The molecule has 0 saturated heterocycles. The van der Waals surface area contributed by atoms with Crippen molar-refractivity contribution in [3.05, 3.63) is 58.4 Å². The van der Waals surface area contributed by atoms with Gasteiger partial charge in [0.1, 0.15) is 0 Å². The van der Waals surface area contributed by atoms with E-state index in [9.17, 15) is 14.9 Å². The monoisotopic (exact) mass is 274 g/mol. The Morgan fingerprint density at radius 3 is 2.47 bits per heavy atom. The van der Waals surface area contributed by atoms with E-state index >= 15 is 0 Å². The predicted octanol–water partition coefficient (Wildman–Crippen LogP) is 3.34. The third-order valence-corrected chi connectivity index (χ3v) is 3.43. The molecule has 0 amide bonds. The Morgan fingerprint density at radius 2 is 1.89 bits per heavy atom. The summed E-state index contributed by atoms with van der Waals surface area (Å²) in [6.07, 6.45) is 3.31. The molecule has 96 valence electrons. The van der Waals surface area contributed by atoms with Crippen molar-refractivity contribution in [3.8, 4) is 0 Å². The van der Waals surface area contributed by atoms with Gasteiger partial charge in [-0.25, -0.2) is 0 Å². The van der Waals surface area contributed by atoms with Gasteiger partial charge in [0.05, 0.1) is 10.5 Å². The fraction of sp³-hybridized carbons (Fsp3) is 0.0769. The average molecular weight is 274 g/mol. The zero-order chi connectivity index (χ0) is 13.8. The molecule has 0 aliphatic carbocycles. The first-order valence-electron chi connectivity index (χ1n) is 5.45. The highest BCUT2D eigenvalue weighted by Crippen LogP contribution is 2.31. The molecule has 0 aliphatic rings. The van der Waals surface area contributed by atoms with Gasteiger partial charge in [-0.1, -0.05) is 11.8 Å². The molecule has 0 bridgehead atoms. The molecule has 5 nitrogen and oxygen atoms in total. The molecule has 0 fully saturated rings. The quantitative estimate of drug-likeness (QED) is 0.485. The predicted molar refractivity (Wildman–Crippen MR) is 71.5 cm³/mol. The number of nitro benzene ring substituents is 1. The maximum atomic E-state index is 11.3. The molecule has 0 atom stereocenters. The highest BCUT2D eigenvalue weighted by molar-refractivity contribution is 7.99. The molecule has 1 aromatic carbocycles. The van der Waals surface area contributed by atoms with Crippen molar-refractivity contribution >= 4 is 23.2 Å². The molecular formula is C13H10N2O3S. The Morgan fingerprint density at radius 1 is 1.21 bits per heavy atom. The first-order chi connectivity index (χ1) is 9.08. The number of benzene rings is 1. The van der Waals surface area contributed by atoms with Crippen LogP contribution in [-0.2, 0) is 0 Å². The number of nitrogens with zero attached hydrogens (tertiary/aromatic N) is 2. The zero-order valence-corrected chi connectivity index (χ0v) is 10.9. The van der Waals surface area contributed by atoms with Crippen LogP contribution >= 0.6 is 11.8 Å². The summed E-state index contributed by atoms with van der Waals surface area (Å²) in [4.78, 5) is 27.3. The molecule has 0 unspecified atom stereocenters. The van der Waals surface area contributed by atoms with E-state index in [1.54, 1.807) is 18.5 Å². The van der Waals surface area contributed by atoms with E-state index in [-0.39, 0.29) is 17.0 Å². The lowest BCUT2D eigenvalue weighted by Crippen LogP contribution is -2.00. The minimum absolute atomic E-state index is 0.129. The highest BCUT2D eigenvalue weighted by Gasteiger charge is 2.18. The Kier molecular flexibility index (Phi) is 3.91. The van der Waals surface area contributed by atoms with Gasteiger partial charge < -0.3 is 0 Å². The van der Waals surface area contributed by atoms with Crippen molar-refractivity contribution in [1.82, 2.24) is 4.98 Å². The van der Waals surface area contributed by atoms with E-state index in [0.717, 1.165) is 4.90 Å². The van der Waals surface area contributed by atoms with Crippen molar-refractivity contribution in [2.24, 2.45) is 0 Å². The van der Waals surface area contributed by atoms with Crippen LogP contribution in [0.3, 0.4) is 0 Å². The van der Waals surface area contributed by atoms with Gasteiger partial charge in [-0.3, -0.25) is 19.9 Å². The molecule has 6 heteroatoms. The third-order valence-electron chi connectivity index (χ3n) is 2.43. The Bertz CT molecular complexity index is 629. The van der Waals surface area contributed by atoms with Crippen molar-refractivity contribution in [2.75, 3.05) is 0 Å². The fourth-order valence-corrected chi connectivity index (χ4v) is 2.40. The second-order valence-corrected chi connectivity index (χ2v) is 4.92. The van der Waals surface area contributed by atoms with Gasteiger partial charge in [-0.15, -0.1) is 0 Å². The van der Waals surface area contributed by atoms with Gasteiger partial charge in [0.25, 0.3) is 5.69 Å². The van der Waals surface area contributed by atoms with Crippen LogP contribution in [-0.4, -0.2) is 15.7 Å². The van der Waals surface area contributed by atoms with Crippen molar-refractivity contribution in [3.63, 3.8) is 0 Å². The molecule has 1 heterocycles. The fourth-order valence-electron chi connectivity index (χ4n) is 1.57. The summed E-state index contributed by atoms with van der Waals surface area (Å²) in [6.45, 7) is 1.32. The molecule has 1 aromatic heterocycles. The molecular weight excluding hydrogens is 264 g/mol. The minimum atomic E-state index is -0.534. The van der Waals surface area contributed by atoms with Gasteiger partial charge in [0.15, 0.2) is 5.78 Å². The average Bonchev–Trinajstić information content (AvgIpc) is 2.39. The molecule has 0 spiro atoms. The zero-order valence-electron chi connectivity index (χ0n) is 10.1. The third kappa shape index (κ3) is 3.17. The first-order valence-corrected chi connectivity index (χ1v) is 6.27. The standard InChI is InChI=1S/C13H10N2O3S/c1-9(16)12-3-2-11(8-13(12)15(17)18)19-10-4-6-14-7-5-10/h2-8H,1H3. The van der Waals surface area contributed by atoms with Crippen LogP contribution in [0.25, 0.3) is 0 Å². The summed E-state index contributed by atoms with van der Waals surface area (Å²) < 4.78 is 0. The lowest BCUT2D eigenvalue weighted by atomic mass is 10.1. The number of ketones is 1. The number of pyridine rings is 1. The summed E-state index contributed by atoms with van der Waals surface area (Å²) in [5.74, 6) is -0.313. The van der Waals surface area contributed by atoms with Gasteiger partial charge in [0.2, 0.25) is 0 Å². The number of Topliss-reactive ketones (excluding diaryl/α,β-unsaturated/α-hetero) is 1. The van der Waals surface area contributed by atoms with Gasteiger partial charge in [-0.05, 0) is 31.2 Å². The van der Waals surface area contributed by atoms with Crippen LogP contribution in [0.15, 0.2) is 52.5 Å².